The van der Waals surface area contributed by atoms with Crippen molar-refractivity contribution in [2.24, 2.45) is 0 Å². The lowest BCUT2D eigenvalue weighted by molar-refractivity contribution is -0.359. The summed E-state index contributed by atoms with van der Waals surface area (Å²) in [6.07, 6.45) is 37.6. The molecule has 73 heavy (non-hydrogen) atoms. The van der Waals surface area contributed by atoms with E-state index in [0.29, 0.717) is 12.8 Å². The molecule has 0 aromatic heterocycles. The van der Waals surface area contributed by atoms with E-state index in [0.717, 1.165) is 51.4 Å². The predicted octanol–water partition coefficient (Wildman–Crippen LogP) is 9.83. The lowest BCUT2D eigenvalue weighted by Gasteiger charge is -2.46. The van der Waals surface area contributed by atoms with Crippen LogP contribution in [0.3, 0.4) is 0 Å². The van der Waals surface area contributed by atoms with Crippen LogP contribution in [0.25, 0.3) is 0 Å². The van der Waals surface area contributed by atoms with Crippen molar-refractivity contribution in [1.29, 1.82) is 0 Å². The van der Waals surface area contributed by atoms with Gasteiger partial charge < -0.3 is 65.1 Å². The number of hydrogen-bond acceptors (Lipinski definition) is 13. The molecule has 0 aromatic rings. The number of allylic oxidation sites excluding steroid dienone is 5. The van der Waals surface area contributed by atoms with Gasteiger partial charge in [0.2, 0.25) is 5.91 Å². The van der Waals surface area contributed by atoms with Crippen LogP contribution in [-0.2, 0) is 23.7 Å². The summed E-state index contributed by atoms with van der Waals surface area (Å²) in [6, 6.07) is -0.935. The molecular weight excluding hydrogens is 931 g/mol. The molecule has 0 aliphatic carbocycles. The van der Waals surface area contributed by atoms with Gasteiger partial charge in [-0.3, -0.25) is 4.79 Å². The molecular formula is C59H109NO13. The van der Waals surface area contributed by atoms with Crippen molar-refractivity contribution in [3.05, 3.63) is 36.5 Å². The van der Waals surface area contributed by atoms with Crippen LogP contribution < -0.4 is 5.32 Å². The fourth-order valence-electron chi connectivity index (χ4n) is 9.71. The Hall–Kier alpha value is -1.79. The number of unbranched alkanes of at least 4 members (excludes halogenated alkanes) is 30. The van der Waals surface area contributed by atoms with Crippen LogP contribution in [0.5, 0.6) is 0 Å². The molecule has 2 aliphatic rings. The zero-order chi connectivity index (χ0) is 53.2. The molecule has 14 heteroatoms. The van der Waals surface area contributed by atoms with E-state index in [1.165, 1.54) is 154 Å². The molecule has 0 bridgehead atoms. The third-order valence-corrected chi connectivity index (χ3v) is 14.5. The minimum Gasteiger partial charge on any atom is -0.394 e. The molecule has 14 nitrogen and oxygen atoms in total. The van der Waals surface area contributed by atoms with Crippen LogP contribution >= 0.6 is 0 Å². The molecule has 2 aliphatic heterocycles. The molecule has 0 spiro atoms. The molecule has 12 unspecified atom stereocenters. The first-order valence-corrected chi connectivity index (χ1v) is 29.7. The van der Waals surface area contributed by atoms with Crippen LogP contribution in [0.1, 0.15) is 239 Å². The van der Waals surface area contributed by atoms with E-state index in [9.17, 15) is 45.6 Å². The van der Waals surface area contributed by atoms with Gasteiger partial charge in [-0.1, -0.05) is 211 Å². The largest absolute Gasteiger partial charge is 0.394 e. The Kier molecular flexibility index (Phi) is 41.7. The second kappa shape index (κ2) is 45.3. The topological polar surface area (TPSA) is 228 Å². The molecule has 9 N–H and O–H groups in total. The second-order valence-corrected chi connectivity index (χ2v) is 21.1. The summed E-state index contributed by atoms with van der Waals surface area (Å²) in [5, 5.41) is 87.0. The number of hydrogen-bond donors (Lipinski definition) is 9. The summed E-state index contributed by atoms with van der Waals surface area (Å²) in [6.45, 7) is 2.78. The number of aliphatic hydroxyl groups is 8. The zero-order valence-electron chi connectivity index (χ0n) is 45.9. The van der Waals surface area contributed by atoms with Gasteiger partial charge >= 0.3 is 0 Å². The third kappa shape index (κ3) is 31.3. The molecule has 0 radical (unpaired) electrons. The normalized spacial score (nSPS) is 25.6. The Morgan fingerprint density at radius 3 is 1.34 bits per heavy atom. The fourth-order valence-corrected chi connectivity index (χ4v) is 9.71. The van der Waals surface area contributed by atoms with Gasteiger partial charge in [-0.25, -0.2) is 0 Å². The smallest absolute Gasteiger partial charge is 0.220 e. The van der Waals surface area contributed by atoms with Gasteiger partial charge in [0.1, 0.15) is 48.8 Å². The molecule has 428 valence electrons. The highest BCUT2D eigenvalue weighted by atomic mass is 16.7. The molecule has 2 rings (SSSR count). The summed E-state index contributed by atoms with van der Waals surface area (Å²) in [4.78, 5) is 13.2. The molecule has 0 aromatic carbocycles. The highest BCUT2D eigenvalue weighted by Crippen LogP contribution is 2.30. The van der Waals surface area contributed by atoms with Gasteiger partial charge in [-0.15, -0.1) is 0 Å². The Bertz CT molecular complexity index is 1370. The van der Waals surface area contributed by atoms with Crippen molar-refractivity contribution < 1.29 is 64.6 Å². The molecule has 2 saturated heterocycles. The second-order valence-electron chi connectivity index (χ2n) is 21.1. The predicted molar refractivity (Wildman–Crippen MR) is 291 cm³/mol. The first kappa shape index (κ1) is 67.3. The van der Waals surface area contributed by atoms with E-state index >= 15 is 0 Å². The van der Waals surface area contributed by atoms with E-state index in [-0.39, 0.29) is 18.9 Å². The van der Waals surface area contributed by atoms with Crippen molar-refractivity contribution >= 4 is 5.91 Å². The van der Waals surface area contributed by atoms with Gasteiger partial charge in [-0.05, 0) is 57.8 Å². The molecule has 0 saturated carbocycles. The lowest BCUT2D eigenvalue weighted by Crippen LogP contribution is -2.65. The van der Waals surface area contributed by atoms with Crippen molar-refractivity contribution in [2.45, 2.75) is 312 Å². The van der Waals surface area contributed by atoms with Crippen LogP contribution in [0.2, 0.25) is 0 Å². The maximum atomic E-state index is 13.2. The van der Waals surface area contributed by atoms with E-state index in [2.05, 4.69) is 43.5 Å². The monoisotopic (exact) mass is 1040 g/mol. The average Bonchev–Trinajstić information content (AvgIpc) is 3.39. The number of carbonyl (C=O) groups excluding carboxylic acids is 1. The lowest BCUT2D eigenvalue weighted by atomic mass is 9.97. The maximum Gasteiger partial charge on any atom is 0.220 e. The summed E-state index contributed by atoms with van der Waals surface area (Å²) in [7, 11) is 0. The minimum atomic E-state index is -1.79. The van der Waals surface area contributed by atoms with Gasteiger partial charge in [-0.2, -0.15) is 0 Å². The van der Waals surface area contributed by atoms with Crippen LogP contribution in [0.4, 0.5) is 0 Å². The van der Waals surface area contributed by atoms with Gasteiger partial charge in [0, 0.05) is 6.42 Å². The molecule has 1 amide bonds. The number of aliphatic hydroxyl groups excluding tert-OH is 8. The van der Waals surface area contributed by atoms with Gasteiger partial charge in [0.15, 0.2) is 12.6 Å². The Labute approximate surface area is 442 Å². The zero-order valence-corrected chi connectivity index (χ0v) is 45.9. The highest BCUT2D eigenvalue weighted by Gasteiger charge is 2.51. The first-order chi connectivity index (χ1) is 35.6. The standard InChI is InChI=1S/C59H109NO13/c1-3-5-7-9-11-13-15-17-19-21-22-23-24-25-26-27-28-30-32-34-36-38-40-42-48(63)47(60-51(64)43-41-39-37-35-33-31-29-20-18-16-14-12-10-8-6-4-2)46-70-58-56(69)54(67)57(50(45-62)72-58)73-59-55(68)53(66)52(65)49(44-61)71-59/h20,29,32,34,40,42,47-50,52-59,61-63,65-69H,3-19,21-28,30-31,33,35-39,41,43-46H2,1-2H3,(H,60,64)/b29-20-,34-32+,42-40+. The van der Waals surface area contributed by atoms with Crippen molar-refractivity contribution in [3.8, 4) is 0 Å². The SMILES string of the molecule is CCCCCCCCC/C=C\CCCCCCCC(=O)NC(COC1OC(CO)C(OC2OC(CO)C(O)C(O)C2O)C(O)C1O)C(O)/C=C/CC/C=C/CCCCCCCCCCCCCCCCCCC. The van der Waals surface area contributed by atoms with Crippen molar-refractivity contribution in [1.82, 2.24) is 5.32 Å². The third-order valence-electron chi connectivity index (χ3n) is 14.5. The number of nitrogens with one attached hydrogen (secondary N) is 1. The number of carbonyl (C=O) groups is 1. The minimum absolute atomic E-state index is 0.256. The summed E-state index contributed by atoms with van der Waals surface area (Å²) >= 11 is 0. The molecule has 12 atom stereocenters. The number of ether oxygens (including phenoxy) is 4. The van der Waals surface area contributed by atoms with Crippen molar-refractivity contribution in [2.75, 3.05) is 19.8 Å². The highest BCUT2D eigenvalue weighted by molar-refractivity contribution is 5.76. The van der Waals surface area contributed by atoms with Gasteiger partial charge in [0.25, 0.3) is 0 Å². The summed E-state index contributed by atoms with van der Waals surface area (Å²) in [5.74, 6) is -0.256. The summed E-state index contributed by atoms with van der Waals surface area (Å²) < 4.78 is 22.7. The van der Waals surface area contributed by atoms with Crippen LogP contribution in [0.15, 0.2) is 36.5 Å². The molecule has 2 fully saturated rings. The average molecular weight is 1040 g/mol. The van der Waals surface area contributed by atoms with Crippen molar-refractivity contribution in [3.63, 3.8) is 0 Å². The number of amides is 1. The van der Waals surface area contributed by atoms with Crippen LogP contribution in [0, 0.1) is 0 Å². The van der Waals surface area contributed by atoms with E-state index in [4.69, 9.17) is 18.9 Å². The summed E-state index contributed by atoms with van der Waals surface area (Å²) in [5.41, 5.74) is 0. The van der Waals surface area contributed by atoms with Gasteiger partial charge in [0.05, 0.1) is 32.0 Å². The maximum absolute atomic E-state index is 13.2. The Morgan fingerprint density at radius 1 is 0.479 bits per heavy atom. The Balaban J connectivity index is 1.79. The van der Waals surface area contributed by atoms with E-state index < -0.39 is 86.8 Å². The first-order valence-electron chi connectivity index (χ1n) is 29.7. The molecule has 2 heterocycles. The number of rotatable bonds is 47. The Morgan fingerprint density at radius 2 is 0.877 bits per heavy atom. The quantitative estimate of drug-likeness (QED) is 0.0205. The van der Waals surface area contributed by atoms with E-state index in [1.807, 2.05) is 6.08 Å². The van der Waals surface area contributed by atoms with Crippen LogP contribution in [-0.4, -0.2) is 140 Å². The van der Waals surface area contributed by atoms with E-state index in [1.54, 1.807) is 6.08 Å². The fraction of sp³-hybridized carbons (Fsp3) is 0.881.